The molecule has 0 radical (unpaired) electrons. The molecule has 0 fully saturated rings. The number of amides is 1. The van der Waals surface area contributed by atoms with Crippen LogP contribution in [-0.2, 0) is 4.79 Å². The highest BCUT2D eigenvalue weighted by molar-refractivity contribution is 9.10. The maximum absolute atomic E-state index is 12.7. The Balaban J connectivity index is 1.61. The van der Waals surface area contributed by atoms with Crippen LogP contribution in [0.5, 0.6) is 5.75 Å². The van der Waals surface area contributed by atoms with E-state index in [1.165, 1.54) is 11.8 Å². The van der Waals surface area contributed by atoms with Crippen molar-refractivity contribution in [3.63, 3.8) is 0 Å². The number of nitrogens with one attached hydrogen (secondary N) is 1. The number of benzene rings is 3. The number of aryl methyl sites for hydroxylation is 1. The molecule has 1 aromatic heterocycles. The normalized spacial score (nSPS) is 10.8. The van der Waals surface area contributed by atoms with Crippen LogP contribution >= 0.6 is 39.3 Å². The van der Waals surface area contributed by atoms with Gasteiger partial charge >= 0.3 is 0 Å². The molecule has 9 heteroatoms. The summed E-state index contributed by atoms with van der Waals surface area (Å²) in [5.41, 5.74) is 3.35. The van der Waals surface area contributed by atoms with Crippen molar-refractivity contribution in [2.45, 2.75) is 19.0 Å². The average Bonchev–Trinajstić information content (AvgIpc) is 3.24. The van der Waals surface area contributed by atoms with Gasteiger partial charge in [0.2, 0.25) is 5.91 Å². The Morgan fingerprint density at radius 2 is 1.88 bits per heavy atom. The number of carbonyl (C=O) groups excluding carboxylic acids is 1. The fraction of sp³-hybridized carbons (Fsp3) is 0.160. The summed E-state index contributed by atoms with van der Waals surface area (Å²) in [5, 5.41) is 12.9. The van der Waals surface area contributed by atoms with E-state index in [1.54, 1.807) is 0 Å². The summed E-state index contributed by atoms with van der Waals surface area (Å²) in [7, 11) is 0. The molecule has 0 unspecified atom stereocenters. The predicted molar refractivity (Wildman–Crippen MR) is 141 cm³/mol. The fourth-order valence-electron chi connectivity index (χ4n) is 3.36. The minimum atomic E-state index is -0.129. The van der Waals surface area contributed by atoms with E-state index in [4.69, 9.17) is 16.3 Å². The zero-order valence-corrected chi connectivity index (χ0v) is 21.7. The van der Waals surface area contributed by atoms with E-state index in [-0.39, 0.29) is 11.7 Å². The third-order valence-electron chi connectivity index (χ3n) is 4.95. The van der Waals surface area contributed by atoms with E-state index in [2.05, 4.69) is 31.4 Å². The van der Waals surface area contributed by atoms with Gasteiger partial charge in [-0.25, -0.2) is 0 Å². The van der Waals surface area contributed by atoms with Crippen molar-refractivity contribution in [3.05, 3.63) is 81.8 Å². The van der Waals surface area contributed by atoms with Gasteiger partial charge < -0.3 is 10.1 Å². The molecule has 4 rings (SSSR count). The molecular weight excluding hydrogens is 536 g/mol. The highest BCUT2D eigenvalue weighted by atomic mass is 79.9. The number of ether oxygens (including phenoxy) is 1. The summed E-state index contributed by atoms with van der Waals surface area (Å²) in [6.45, 7) is 4.48. The number of aromatic nitrogens is 3. The van der Waals surface area contributed by atoms with Crippen molar-refractivity contribution >= 4 is 50.9 Å². The van der Waals surface area contributed by atoms with Gasteiger partial charge in [-0.1, -0.05) is 51.4 Å². The number of hydrogen-bond donors (Lipinski definition) is 1. The number of rotatable bonds is 8. The van der Waals surface area contributed by atoms with Crippen molar-refractivity contribution in [1.29, 1.82) is 0 Å². The topological polar surface area (TPSA) is 69.0 Å². The van der Waals surface area contributed by atoms with E-state index in [9.17, 15) is 4.79 Å². The number of thioether (sulfide) groups is 1. The lowest BCUT2D eigenvalue weighted by Gasteiger charge is -2.12. The van der Waals surface area contributed by atoms with Gasteiger partial charge in [0.25, 0.3) is 0 Å². The first-order valence-corrected chi connectivity index (χ1v) is 12.7. The van der Waals surface area contributed by atoms with Crippen LogP contribution in [0.15, 0.2) is 76.4 Å². The molecule has 0 aliphatic heterocycles. The summed E-state index contributed by atoms with van der Waals surface area (Å²) in [6, 6.07) is 20.9. The maximum atomic E-state index is 12.7. The Bertz CT molecular complexity index is 1310. The number of nitrogens with zero attached hydrogens (tertiary/aromatic N) is 3. The number of halogens is 2. The Hall–Kier alpha value is -2.81. The molecule has 1 amide bonds. The zero-order chi connectivity index (χ0) is 24.1. The van der Waals surface area contributed by atoms with E-state index in [0.717, 1.165) is 32.7 Å². The van der Waals surface area contributed by atoms with Crippen molar-refractivity contribution in [2.75, 3.05) is 17.7 Å². The van der Waals surface area contributed by atoms with Gasteiger partial charge in [0.15, 0.2) is 11.0 Å². The highest BCUT2D eigenvalue weighted by Crippen LogP contribution is 2.32. The molecule has 0 aliphatic rings. The lowest BCUT2D eigenvalue weighted by atomic mass is 10.2. The number of carbonyl (C=O) groups is 1. The number of anilines is 1. The van der Waals surface area contributed by atoms with Gasteiger partial charge in [0.1, 0.15) is 5.75 Å². The third kappa shape index (κ3) is 5.63. The largest absolute Gasteiger partial charge is 0.494 e. The monoisotopic (exact) mass is 556 g/mol. The van der Waals surface area contributed by atoms with Crippen LogP contribution in [0.25, 0.3) is 17.1 Å². The van der Waals surface area contributed by atoms with Gasteiger partial charge in [-0.3, -0.25) is 9.36 Å². The summed E-state index contributed by atoms with van der Waals surface area (Å²) in [4.78, 5) is 12.7. The molecular formula is C25H22BrClN4O2S. The van der Waals surface area contributed by atoms with E-state index in [0.29, 0.717) is 22.6 Å². The molecule has 3 aromatic carbocycles. The summed E-state index contributed by atoms with van der Waals surface area (Å²) >= 11 is 11.2. The highest BCUT2D eigenvalue weighted by Gasteiger charge is 2.19. The van der Waals surface area contributed by atoms with Crippen LogP contribution in [-0.4, -0.2) is 33.0 Å². The molecule has 0 aliphatic carbocycles. The van der Waals surface area contributed by atoms with Gasteiger partial charge in [-0.2, -0.15) is 0 Å². The smallest absolute Gasteiger partial charge is 0.234 e. The van der Waals surface area contributed by atoms with Crippen molar-refractivity contribution < 1.29 is 9.53 Å². The first-order chi connectivity index (χ1) is 16.5. The van der Waals surface area contributed by atoms with E-state index in [1.807, 2.05) is 85.1 Å². The molecule has 0 atom stereocenters. The standard InChI is InChI=1S/C25H22BrClN4O2S/c1-3-33-19-11-9-18(10-12-19)31-24(20-6-4-5-7-21(20)27)29-30-25(31)34-15-23(32)28-22-13-8-17(26)14-16(22)2/h4-14H,3,15H2,1-2H3,(H,28,32). The Morgan fingerprint density at radius 1 is 1.12 bits per heavy atom. The van der Waals surface area contributed by atoms with Crippen LogP contribution in [0.4, 0.5) is 5.69 Å². The molecule has 0 bridgehead atoms. The quantitative estimate of drug-likeness (QED) is 0.242. The van der Waals surface area contributed by atoms with Crippen molar-refractivity contribution in [2.24, 2.45) is 0 Å². The van der Waals surface area contributed by atoms with E-state index < -0.39 is 0 Å². The summed E-state index contributed by atoms with van der Waals surface area (Å²) < 4.78 is 8.44. The average molecular weight is 558 g/mol. The number of hydrogen-bond acceptors (Lipinski definition) is 5. The Morgan fingerprint density at radius 3 is 2.59 bits per heavy atom. The lowest BCUT2D eigenvalue weighted by Crippen LogP contribution is -2.15. The zero-order valence-electron chi connectivity index (χ0n) is 18.6. The van der Waals surface area contributed by atoms with Gasteiger partial charge in [-0.15, -0.1) is 10.2 Å². The van der Waals surface area contributed by atoms with Crippen LogP contribution in [0.1, 0.15) is 12.5 Å². The lowest BCUT2D eigenvalue weighted by molar-refractivity contribution is -0.113. The molecule has 4 aromatic rings. The molecule has 174 valence electrons. The third-order valence-corrected chi connectivity index (χ3v) is 6.70. The van der Waals surface area contributed by atoms with Gasteiger partial charge in [0.05, 0.1) is 17.4 Å². The molecule has 6 nitrogen and oxygen atoms in total. The second kappa shape index (κ2) is 11.1. The first kappa shape index (κ1) is 24.3. The van der Waals surface area contributed by atoms with Crippen LogP contribution < -0.4 is 10.1 Å². The Labute approximate surface area is 215 Å². The molecule has 0 spiro atoms. The molecule has 1 N–H and O–H groups in total. The second-order valence-corrected chi connectivity index (χ2v) is 9.61. The predicted octanol–water partition coefficient (Wildman–Crippen LogP) is 6.79. The molecule has 1 heterocycles. The fourth-order valence-corrected chi connectivity index (χ4v) is 4.80. The first-order valence-electron chi connectivity index (χ1n) is 10.6. The summed E-state index contributed by atoms with van der Waals surface area (Å²) in [5.74, 6) is 1.42. The SMILES string of the molecule is CCOc1ccc(-n2c(SCC(=O)Nc3ccc(Br)cc3C)nnc2-c2ccccc2Cl)cc1. The minimum absolute atomic E-state index is 0.129. The van der Waals surface area contributed by atoms with Gasteiger partial charge in [-0.05, 0) is 74.0 Å². The van der Waals surface area contributed by atoms with Crippen LogP contribution in [0, 0.1) is 6.92 Å². The van der Waals surface area contributed by atoms with E-state index >= 15 is 0 Å². The Kier molecular flexibility index (Phi) is 7.92. The summed E-state index contributed by atoms with van der Waals surface area (Å²) in [6.07, 6.45) is 0. The van der Waals surface area contributed by atoms with Crippen LogP contribution in [0.3, 0.4) is 0 Å². The van der Waals surface area contributed by atoms with Crippen molar-refractivity contribution in [3.8, 4) is 22.8 Å². The molecule has 34 heavy (non-hydrogen) atoms. The van der Waals surface area contributed by atoms with Crippen molar-refractivity contribution in [1.82, 2.24) is 14.8 Å². The van der Waals surface area contributed by atoms with Crippen LogP contribution in [0.2, 0.25) is 5.02 Å². The minimum Gasteiger partial charge on any atom is -0.494 e. The second-order valence-electron chi connectivity index (χ2n) is 7.34. The molecule has 0 saturated carbocycles. The maximum Gasteiger partial charge on any atom is 0.234 e. The molecule has 0 saturated heterocycles. The van der Waals surface area contributed by atoms with Gasteiger partial charge in [0, 0.05) is 21.4 Å².